The third-order valence-corrected chi connectivity index (χ3v) is 4.90. The largest absolute Gasteiger partial charge is 0.335 e. The number of hydrogen-bond donors (Lipinski definition) is 0. The van der Waals surface area contributed by atoms with Gasteiger partial charge < -0.3 is 4.90 Å². The number of piperidine rings is 1. The fourth-order valence-corrected chi connectivity index (χ4v) is 4.12. The van der Waals surface area contributed by atoms with Crippen molar-refractivity contribution in [3.05, 3.63) is 35.9 Å². The summed E-state index contributed by atoms with van der Waals surface area (Å²) in [6.07, 6.45) is 8.52. The summed E-state index contributed by atoms with van der Waals surface area (Å²) in [4.78, 5) is 13.6. The first kappa shape index (κ1) is 11.8. The van der Waals surface area contributed by atoms with E-state index in [2.05, 4.69) is 35.2 Å². The van der Waals surface area contributed by atoms with Crippen molar-refractivity contribution < 1.29 is 4.79 Å². The molecule has 18 heavy (non-hydrogen) atoms. The predicted octanol–water partition coefficient (Wildman–Crippen LogP) is 3.32. The van der Waals surface area contributed by atoms with Crippen LogP contribution >= 0.6 is 0 Å². The molecule has 96 valence electrons. The quantitative estimate of drug-likeness (QED) is 0.730. The average Bonchev–Trinajstić information content (AvgIpc) is 2.47. The van der Waals surface area contributed by atoms with Gasteiger partial charge in [0.25, 0.3) is 0 Å². The molecule has 1 saturated carbocycles. The summed E-state index contributed by atoms with van der Waals surface area (Å²) >= 11 is 0. The van der Waals surface area contributed by atoms with E-state index >= 15 is 0 Å². The smallest absolute Gasteiger partial charge is 0.210 e. The van der Waals surface area contributed by atoms with Crippen LogP contribution in [0.5, 0.6) is 0 Å². The van der Waals surface area contributed by atoms with Crippen LogP contribution in [0, 0.1) is 5.92 Å². The van der Waals surface area contributed by atoms with Gasteiger partial charge in [0.15, 0.2) is 0 Å². The molecule has 2 atom stereocenters. The molecule has 1 saturated heterocycles. The fraction of sp³-hybridized carbons (Fsp3) is 0.562. The van der Waals surface area contributed by atoms with Gasteiger partial charge in [-0.05, 0) is 37.2 Å². The zero-order chi connectivity index (χ0) is 12.4. The molecule has 1 aliphatic carbocycles. The van der Waals surface area contributed by atoms with Crippen LogP contribution < -0.4 is 0 Å². The highest BCUT2D eigenvalue weighted by Gasteiger charge is 2.47. The monoisotopic (exact) mass is 243 g/mol. The molecule has 1 heterocycles. The Morgan fingerprint density at radius 3 is 2.67 bits per heavy atom. The first-order valence-corrected chi connectivity index (χ1v) is 7.15. The highest BCUT2D eigenvalue weighted by atomic mass is 16.1. The van der Waals surface area contributed by atoms with Crippen LogP contribution in [0.4, 0.5) is 0 Å². The summed E-state index contributed by atoms with van der Waals surface area (Å²) in [5.41, 5.74) is 1.35. The highest BCUT2D eigenvalue weighted by Crippen LogP contribution is 2.50. The number of hydrogen-bond acceptors (Lipinski definition) is 1. The van der Waals surface area contributed by atoms with E-state index in [-0.39, 0.29) is 5.54 Å². The SMILES string of the molecule is O=CN1CCC[C@H]2CCCC[C@]21c1ccccc1. The molecule has 0 bridgehead atoms. The molecule has 0 spiro atoms. The number of carbonyl (C=O) groups is 1. The van der Waals surface area contributed by atoms with Gasteiger partial charge in [-0.25, -0.2) is 0 Å². The second-order valence-electron chi connectivity index (χ2n) is 5.67. The van der Waals surface area contributed by atoms with E-state index in [1.807, 2.05) is 0 Å². The summed E-state index contributed by atoms with van der Waals surface area (Å²) < 4.78 is 0. The van der Waals surface area contributed by atoms with E-state index < -0.39 is 0 Å². The van der Waals surface area contributed by atoms with Crippen LogP contribution in [0.1, 0.15) is 44.1 Å². The Morgan fingerprint density at radius 1 is 1.11 bits per heavy atom. The van der Waals surface area contributed by atoms with E-state index in [9.17, 15) is 4.79 Å². The van der Waals surface area contributed by atoms with Crippen molar-refractivity contribution in [3.8, 4) is 0 Å². The minimum atomic E-state index is -0.000486. The highest BCUT2D eigenvalue weighted by molar-refractivity contribution is 5.51. The van der Waals surface area contributed by atoms with E-state index in [1.165, 1.54) is 31.2 Å². The number of likely N-dealkylation sites (tertiary alicyclic amines) is 1. The maximum Gasteiger partial charge on any atom is 0.210 e. The Morgan fingerprint density at radius 2 is 1.89 bits per heavy atom. The molecule has 3 rings (SSSR count). The lowest BCUT2D eigenvalue weighted by Gasteiger charge is -2.53. The summed E-state index contributed by atoms with van der Waals surface area (Å²) in [5, 5.41) is 0. The van der Waals surface area contributed by atoms with Crippen molar-refractivity contribution in [1.29, 1.82) is 0 Å². The molecule has 0 unspecified atom stereocenters. The summed E-state index contributed by atoms with van der Waals surface area (Å²) in [7, 11) is 0. The third kappa shape index (κ3) is 1.66. The van der Waals surface area contributed by atoms with Crippen molar-refractivity contribution in [2.75, 3.05) is 6.54 Å². The second kappa shape index (κ2) is 4.75. The van der Waals surface area contributed by atoms with Gasteiger partial charge in [0.2, 0.25) is 6.41 Å². The number of rotatable bonds is 2. The summed E-state index contributed by atoms with van der Waals surface area (Å²) in [6, 6.07) is 10.7. The fourth-order valence-electron chi connectivity index (χ4n) is 4.12. The molecule has 2 fully saturated rings. The van der Waals surface area contributed by atoms with Gasteiger partial charge in [-0.2, -0.15) is 0 Å². The molecule has 1 aromatic rings. The summed E-state index contributed by atoms with van der Waals surface area (Å²) in [5.74, 6) is 0.660. The Hall–Kier alpha value is -1.31. The molecule has 2 aliphatic rings. The first-order chi connectivity index (χ1) is 8.88. The maximum atomic E-state index is 11.5. The minimum Gasteiger partial charge on any atom is -0.335 e. The Kier molecular flexibility index (Phi) is 3.11. The number of fused-ring (bicyclic) bond motifs is 1. The normalized spacial score (nSPS) is 31.8. The predicted molar refractivity (Wildman–Crippen MR) is 72.1 cm³/mol. The molecule has 2 heteroatoms. The van der Waals surface area contributed by atoms with Gasteiger partial charge >= 0.3 is 0 Å². The molecule has 1 aromatic carbocycles. The van der Waals surface area contributed by atoms with Crippen LogP contribution in [-0.2, 0) is 10.3 Å². The maximum absolute atomic E-state index is 11.5. The van der Waals surface area contributed by atoms with Gasteiger partial charge in [0.05, 0.1) is 5.54 Å². The molecule has 0 aromatic heterocycles. The molecule has 1 aliphatic heterocycles. The van der Waals surface area contributed by atoms with Gasteiger partial charge in [0, 0.05) is 6.54 Å². The van der Waals surface area contributed by atoms with Gasteiger partial charge in [-0.3, -0.25) is 4.79 Å². The van der Waals surface area contributed by atoms with Crippen molar-refractivity contribution in [3.63, 3.8) is 0 Å². The zero-order valence-corrected chi connectivity index (χ0v) is 10.8. The molecule has 2 nitrogen and oxygen atoms in total. The van der Waals surface area contributed by atoms with Gasteiger partial charge in [-0.1, -0.05) is 43.2 Å². The van der Waals surface area contributed by atoms with Gasteiger partial charge in [0.1, 0.15) is 0 Å². The first-order valence-electron chi connectivity index (χ1n) is 7.15. The van der Waals surface area contributed by atoms with Crippen LogP contribution in [0.15, 0.2) is 30.3 Å². The molecule has 0 radical (unpaired) electrons. The van der Waals surface area contributed by atoms with Gasteiger partial charge in [-0.15, -0.1) is 0 Å². The molecular formula is C16H21NO. The zero-order valence-electron chi connectivity index (χ0n) is 10.8. The van der Waals surface area contributed by atoms with E-state index in [1.54, 1.807) is 0 Å². The standard InChI is InChI=1S/C16H21NO/c18-13-17-12-6-10-15-9-4-5-11-16(15,17)14-7-2-1-3-8-14/h1-3,7-8,13,15H,4-6,9-12H2/t15-,16+/m1/s1. The summed E-state index contributed by atoms with van der Waals surface area (Å²) in [6.45, 7) is 0.925. The number of benzene rings is 1. The lowest BCUT2D eigenvalue weighted by Crippen LogP contribution is -2.55. The molecular weight excluding hydrogens is 222 g/mol. The van der Waals surface area contributed by atoms with Crippen molar-refractivity contribution in [2.45, 2.75) is 44.1 Å². The number of nitrogens with zero attached hydrogens (tertiary/aromatic N) is 1. The van der Waals surface area contributed by atoms with Crippen molar-refractivity contribution >= 4 is 6.41 Å². The van der Waals surface area contributed by atoms with E-state index in [4.69, 9.17) is 0 Å². The number of carbonyl (C=O) groups excluding carboxylic acids is 1. The van der Waals surface area contributed by atoms with E-state index in [0.29, 0.717) is 5.92 Å². The van der Waals surface area contributed by atoms with Crippen LogP contribution in [0.3, 0.4) is 0 Å². The third-order valence-electron chi connectivity index (χ3n) is 4.90. The Balaban J connectivity index is 2.07. The Labute approximate surface area is 109 Å². The van der Waals surface area contributed by atoms with Crippen molar-refractivity contribution in [2.24, 2.45) is 5.92 Å². The Bertz CT molecular complexity index is 414. The second-order valence-corrected chi connectivity index (χ2v) is 5.67. The topological polar surface area (TPSA) is 20.3 Å². The lowest BCUT2D eigenvalue weighted by atomic mass is 9.64. The van der Waals surface area contributed by atoms with Crippen LogP contribution in [0.25, 0.3) is 0 Å². The average molecular weight is 243 g/mol. The van der Waals surface area contributed by atoms with Crippen molar-refractivity contribution in [1.82, 2.24) is 4.90 Å². The lowest BCUT2D eigenvalue weighted by molar-refractivity contribution is -0.133. The minimum absolute atomic E-state index is 0.000486. The van der Waals surface area contributed by atoms with Crippen LogP contribution in [-0.4, -0.2) is 17.9 Å². The molecule has 0 N–H and O–H groups in total. The number of amides is 1. The molecule has 1 amide bonds. The van der Waals surface area contributed by atoms with Crippen LogP contribution in [0.2, 0.25) is 0 Å². The van der Waals surface area contributed by atoms with E-state index in [0.717, 1.165) is 25.8 Å².